The van der Waals surface area contributed by atoms with Gasteiger partial charge in [-0.15, -0.1) is 0 Å². The lowest BCUT2D eigenvalue weighted by molar-refractivity contribution is -0.121. The fourth-order valence-corrected chi connectivity index (χ4v) is 4.73. The average molecular weight is 509 g/mol. The van der Waals surface area contributed by atoms with Crippen molar-refractivity contribution in [1.29, 1.82) is 0 Å². The molecule has 1 fully saturated rings. The van der Waals surface area contributed by atoms with Gasteiger partial charge in [-0.3, -0.25) is 14.5 Å². The van der Waals surface area contributed by atoms with Gasteiger partial charge in [0.25, 0.3) is 11.8 Å². The summed E-state index contributed by atoms with van der Waals surface area (Å²) in [6, 6.07) is 13.6. The summed E-state index contributed by atoms with van der Waals surface area (Å²) in [5, 5.41) is 0.701. The van der Waals surface area contributed by atoms with E-state index in [-0.39, 0.29) is 36.1 Å². The minimum Gasteiger partial charge on any atom is -0.482 e. The minimum atomic E-state index is -0.187. The van der Waals surface area contributed by atoms with E-state index < -0.39 is 0 Å². The Morgan fingerprint density at radius 1 is 1.06 bits per heavy atom. The zero-order valence-corrected chi connectivity index (χ0v) is 21.4. The number of hydrogen-bond donors (Lipinski definition) is 0. The topological polar surface area (TPSA) is 79.1 Å². The molecule has 2 aromatic carbocycles. The Balaban J connectivity index is 1.27. The Bertz CT molecular complexity index is 1290. The maximum atomic E-state index is 13.1. The van der Waals surface area contributed by atoms with Crippen LogP contribution < -0.4 is 14.5 Å². The lowest BCUT2D eigenvalue weighted by Crippen LogP contribution is -2.49. The van der Waals surface area contributed by atoms with Crippen LogP contribution in [-0.4, -0.2) is 54.5 Å². The van der Waals surface area contributed by atoms with Crippen molar-refractivity contribution in [3.8, 4) is 5.75 Å². The van der Waals surface area contributed by atoms with Gasteiger partial charge >= 0.3 is 0 Å². The van der Waals surface area contributed by atoms with Gasteiger partial charge in [0, 0.05) is 26.2 Å². The highest BCUT2D eigenvalue weighted by Crippen LogP contribution is 2.37. The second-order valence-electron chi connectivity index (χ2n) is 10.1. The number of amides is 2. The number of halogens is 1. The van der Waals surface area contributed by atoms with Gasteiger partial charge in [-0.25, -0.2) is 4.98 Å². The van der Waals surface area contributed by atoms with E-state index in [0.717, 1.165) is 11.3 Å². The number of para-hydroxylation sites is 1. The quantitative estimate of drug-likeness (QED) is 0.516. The monoisotopic (exact) mass is 508 g/mol. The zero-order chi connectivity index (χ0) is 25.4. The first-order valence-electron chi connectivity index (χ1n) is 12.0. The number of fused-ring (bicyclic) bond motifs is 1. The highest BCUT2D eigenvalue weighted by atomic mass is 35.5. The Labute approximate surface area is 215 Å². The van der Waals surface area contributed by atoms with Crippen molar-refractivity contribution in [2.45, 2.75) is 32.7 Å². The Kier molecular flexibility index (Phi) is 6.38. The zero-order valence-electron chi connectivity index (χ0n) is 20.7. The van der Waals surface area contributed by atoms with Crippen molar-refractivity contribution in [3.63, 3.8) is 0 Å². The summed E-state index contributed by atoms with van der Waals surface area (Å²) < 4.78 is 11.3. The number of anilines is 2. The van der Waals surface area contributed by atoms with Crippen molar-refractivity contribution in [3.05, 3.63) is 70.9 Å². The van der Waals surface area contributed by atoms with E-state index in [0.29, 0.717) is 48.5 Å². The third-order valence-electron chi connectivity index (χ3n) is 6.59. The molecule has 0 saturated carbocycles. The van der Waals surface area contributed by atoms with Crippen LogP contribution in [0.25, 0.3) is 0 Å². The first-order valence-corrected chi connectivity index (χ1v) is 12.4. The van der Waals surface area contributed by atoms with Crippen LogP contribution in [0.1, 0.15) is 42.7 Å². The Hall–Kier alpha value is -3.52. The SMILES string of the molecule is CC(C)(C)c1ccc2c(c1)N(Cc1nc(C(=O)N3CCN(c4ccccc4Cl)CC3)co1)C(=O)CO2. The summed E-state index contributed by atoms with van der Waals surface area (Å²) in [7, 11) is 0. The average Bonchev–Trinajstić information content (AvgIpc) is 3.33. The smallest absolute Gasteiger partial charge is 0.275 e. The van der Waals surface area contributed by atoms with Gasteiger partial charge in [0.1, 0.15) is 18.6 Å². The molecule has 8 nitrogen and oxygen atoms in total. The molecular formula is C27H29ClN4O4. The number of piperazine rings is 1. The van der Waals surface area contributed by atoms with Gasteiger partial charge in [-0.1, -0.05) is 50.6 Å². The van der Waals surface area contributed by atoms with Crippen LogP contribution in [0.2, 0.25) is 5.02 Å². The van der Waals surface area contributed by atoms with Crippen molar-refractivity contribution < 1.29 is 18.7 Å². The van der Waals surface area contributed by atoms with Crippen molar-refractivity contribution in [2.24, 2.45) is 0 Å². The summed E-state index contributed by atoms with van der Waals surface area (Å²) in [5.74, 6) is 0.570. The predicted octanol–water partition coefficient (Wildman–Crippen LogP) is 4.51. The first kappa shape index (κ1) is 24.2. The second kappa shape index (κ2) is 9.50. The molecule has 1 aromatic heterocycles. The number of nitrogens with zero attached hydrogens (tertiary/aromatic N) is 4. The molecule has 0 bridgehead atoms. The van der Waals surface area contributed by atoms with Gasteiger partial charge < -0.3 is 19.0 Å². The third kappa shape index (κ3) is 4.78. The van der Waals surface area contributed by atoms with Crippen LogP contribution >= 0.6 is 11.6 Å². The fourth-order valence-electron chi connectivity index (χ4n) is 4.48. The molecule has 0 aliphatic carbocycles. The number of carbonyl (C=O) groups is 2. The molecule has 2 amide bonds. The van der Waals surface area contributed by atoms with Crippen molar-refractivity contribution in [1.82, 2.24) is 9.88 Å². The van der Waals surface area contributed by atoms with Crippen molar-refractivity contribution >= 4 is 34.8 Å². The molecule has 5 rings (SSSR count). The number of benzene rings is 2. The maximum Gasteiger partial charge on any atom is 0.275 e. The number of hydrogen-bond acceptors (Lipinski definition) is 6. The molecule has 2 aliphatic heterocycles. The van der Waals surface area contributed by atoms with Crippen LogP contribution in [0.4, 0.5) is 11.4 Å². The fraction of sp³-hybridized carbons (Fsp3) is 0.370. The van der Waals surface area contributed by atoms with Crippen LogP contribution in [0.3, 0.4) is 0 Å². The molecule has 1 saturated heterocycles. The molecular weight excluding hydrogens is 480 g/mol. The molecule has 9 heteroatoms. The number of carbonyl (C=O) groups excluding carboxylic acids is 2. The highest BCUT2D eigenvalue weighted by molar-refractivity contribution is 6.33. The third-order valence-corrected chi connectivity index (χ3v) is 6.91. The summed E-state index contributed by atoms with van der Waals surface area (Å²) in [4.78, 5) is 35.8. The lowest BCUT2D eigenvalue weighted by Gasteiger charge is -2.36. The second-order valence-corrected chi connectivity index (χ2v) is 10.5. The maximum absolute atomic E-state index is 13.1. The van der Waals surface area contributed by atoms with Gasteiger partial charge in [0.2, 0.25) is 5.89 Å². The van der Waals surface area contributed by atoms with Gasteiger partial charge in [0.05, 0.1) is 16.4 Å². The van der Waals surface area contributed by atoms with E-state index in [9.17, 15) is 9.59 Å². The molecule has 0 atom stereocenters. The molecule has 2 aliphatic rings. The van der Waals surface area contributed by atoms with Gasteiger partial charge in [-0.2, -0.15) is 0 Å². The summed E-state index contributed by atoms with van der Waals surface area (Å²) >= 11 is 6.33. The van der Waals surface area contributed by atoms with E-state index in [1.807, 2.05) is 42.5 Å². The molecule has 0 N–H and O–H groups in total. The molecule has 3 aromatic rings. The number of ether oxygens (including phenoxy) is 1. The summed E-state index contributed by atoms with van der Waals surface area (Å²) in [5.41, 5.74) is 2.89. The summed E-state index contributed by atoms with van der Waals surface area (Å²) in [6.07, 6.45) is 1.37. The van der Waals surface area contributed by atoms with Gasteiger partial charge in [-0.05, 0) is 35.2 Å². The lowest BCUT2D eigenvalue weighted by atomic mass is 9.86. The molecule has 0 radical (unpaired) electrons. The van der Waals surface area contributed by atoms with Crippen LogP contribution in [0.15, 0.2) is 53.1 Å². The van der Waals surface area contributed by atoms with Gasteiger partial charge in [0.15, 0.2) is 12.3 Å². The molecule has 3 heterocycles. The van der Waals surface area contributed by atoms with E-state index in [2.05, 4.69) is 30.7 Å². The van der Waals surface area contributed by atoms with Crippen LogP contribution in [0.5, 0.6) is 5.75 Å². The molecule has 188 valence electrons. The molecule has 0 spiro atoms. The van der Waals surface area contributed by atoms with Crippen LogP contribution in [-0.2, 0) is 16.8 Å². The van der Waals surface area contributed by atoms with E-state index in [1.165, 1.54) is 6.26 Å². The van der Waals surface area contributed by atoms with Crippen molar-refractivity contribution in [2.75, 3.05) is 42.6 Å². The van der Waals surface area contributed by atoms with E-state index in [1.54, 1.807) is 9.80 Å². The Morgan fingerprint density at radius 2 is 1.81 bits per heavy atom. The summed E-state index contributed by atoms with van der Waals surface area (Å²) in [6.45, 7) is 8.87. The van der Waals surface area contributed by atoms with E-state index in [4.69, 9.17) is 20.8 Å². The largest absolute Gasteiger partial charge is 0.482 e. The standard InChI is InChI=1S/C27H29ClN4O4/c1-27(2,3)18-8-9-23-22(14-18)32(25(33)17-35-23)15-24-29-20(16-36-24)26(34)31-12-10-30(11-13-31)21-7-5-4-6-19(21)28/h4-9,14,16H,10-13,15,17H2,1-3H3. The minimum absolute atomic E-state index is 0.0515. The van der Waals surface area contributed by atoms with Crippen LogP contribution in [0, 0.1) is 0 Å². The number of aromatic nitrogens is 1. The first-order chi connectivity index (χ1) is 17.2. The number of oxazole rings is 1. The normalized spacial score (nSPS) is 16.1. The highest BCUT2D eigenvalue weighted by Gasteiger charge is 2.30. The van der Waals surface area contributed by atoms with E-state index >= 15 is 0 Å². The number of rotatable bonds is 4. The predicted molar refractivity (Wildman–Crippen MR) is 138 cm³/mol. The molecule has 36 heavy (non-hydrogen) atoms. The molecule has 0 unspecified atom stereocenters. The Morgan fingerprint density at radius 3 is 2.53 bits per heavy atom.